The van der Waals surface area contributed by atoms with E-state index in [9.17, 15) is 9.59 Å². The molecule has 1 heterocycles. The molecule has 1 atom stereocenters. The third-order valence-corrected chi connectivity index (χ3v) is 5.20. The monoisotopic (exact) mass is 391 g/mol. The number of methoxy groups -OCH3 is 1. The number of aryl methyl sites for hydroxylation is 1. The van der Waals surface area contributed by atoms with Gasteiger partial charge in [-0.25, -0.2) is 0 Å². The van der Waals surface area contributed by atoms with Crippen molar-refractivity contribution in [3.05, 3.63) is 23.3 Å². The Hall–Kier alpha value is -2.04. The Labute approximate surface area is 170 Å². The van der Waals surface area contributed by atoms with Crippen LogP contribution in [0.2, 0.25) is 0 Å². The lowest BCUT2D eigenvalue weighted by molar-refractivity contribution is -0.126. The van der Waals surface area contributed by atoms with Crippen molar-refractivity contribution < 1.29 is 19.1 Å². The van der Waals surface area contributed by atoms with Gasteiger partial charge in [0.25, 0.3) is 0 Å². The summed E-state index contributed by atoms with van der Waals surface area (Å²) in [6.07, 6.45) is 8.71. The lowest BCUT2D eigenvalue weighted by atomic mass is 9.84. The van der Waals surface area contributed by atoms with Crippen LogP contribution in [0.1, 0.15) is 76.3 Å². The maximum absolute atomic E-state index is 10.7. The number of nitrogens with one attached hydrogen (secondary N) is 1. The maximum atomic E-state index is 10.7. The van der Waals surface area contributed by atoms with Crippen LogP contribution in [0.15, 0.2) is 12.1 Å². The highest BCUT2D eigenvalue weighted by Crippen LogP contribution is 2.47. The Morgan fingerprint density at radius 2 is 1.93 bits per heavy atom. The molecular formula is C23H37NO4. The minimum absolute atomic E-state index is 0.219. The molecule has 0 spiro atoms. The molecule has 1 aliphatic heterocycles. The smallest absolute Gasteiger partial charge is 0.222 e. The van der Waals surface area contributed by atoms with E-state index in [1.165, 1.54) is 36.8 Å². The van der Waals surface area contributed by atoms with Crippen LogP contribution in [0.3, 0.4) is 0 Å². The number of carbonyl (C=O) groups excluding carboxylic acids is 2. The molecule has 4 rings (SSSR count). The van der Waals surface area contributed by atoms with Gasteiger partial charge in [-0.3, -0.25) is 4.79 Å². The standard InChI is InChI=1S/C12H14O2.C6H11NO.C3H6O.C2H6/c1-13-10-6-5-8-3-2-4-9-7-14-12(10)11(8)9;1-7-6(8)5-3-2-4-5;1-2-3-4;1-2/h5-6,9H,2-4,7H2,1H3;5H,2-4H2,1H3,(H,7,8);3H,2H2,1H3;1-2H3. The second kappa shape index (κ2) is 13.2. The van der Waals surface area contributed by atoms with Crippen LogP contribution in [-0.4, -0.2) is 33.0 Å². The maximum Gasteiger partial charge on any atom is 0.222 e. The van der Waals surface area contributed by atoms with Crippen LogP contribution in [0, 0.1) is 5.92 Å². The largest absolute Gasteiger partial charge is 0.493 e. The zero-order chi connectivity index (χ0) is 20.9. The van der Waals surface area contributed by atoms with Crippen LogP contribution >= 0.6 is 0 Å². The van der Waals surface area contributed by atoms with Crippen LogP contribution in [0.4, 0.5) is 0 Å². The van der Waals surface area contributed by atoms with Crippen molar-refractivity contribution in [2.75, 3.05) is 20.8 Å². The van der Waals surface area contributed by atoms with E-state index in [2.05, 4.69) is 11.4 Å². The Balaban J connectivity index is 0.000000239. The molecule has 5 heteroatoms. The number of hydrogen-bond donors (Lipinski definition) is 1. The van der Waals surface area contributed by atoms with E-state index in [0.29, 0.717) is 18.3 Å². The molecule has 0 bridgehead atoms. The van der Waals surface area contributed by atoms with Crippen molar-refractivity contribution in [3.8, 4) is 11.5 Å². The number of amides is 1. The Morgan fingerprint density at radius 3 is 2.39 bits per heavy atom. The first kappa shape index (κ1) is 24.0. The minimum Gasteiger partial charge on any atom is -0.493 e. The van der Waals surface area contributed by atoms with Gasteiger partial charge in [0.05, 0.1) is 13.7 Å². The molecule has 1 aromatic rings. The summed E-state index contributed by atoms with van der Waals surface area (Å²) in [5.74, 6) is 3.10. The third kappa shape index (κ3) is 6.25. The summed E-state index contributed by atoms with van der Waals surface area (Å²) < 4.78 is 11.0. The molecule has 0 radical (unpaired) electrons. The lowest BCUT2D eigenvalue weighted by Gasteiger charge is -2.22. The lowest BCUT2D eigenvalue weighted by Crippen LogP contribution is -2.31. The molecule has 1 aromatic carbocycles. The molecule has 1 saturated carbocycles. The van der Waals surface area contributed by atoms with Crippen LogP contribution < -0.4 is 14.8 Å². The van der Waals surface area contributed by atoms with Crippen molar-refractivity contribution in [2.45, 2.75) is 71.6 Å². The molecule has 2 aliphatic carbocycles. The molecule has 5 nitrogen and oxygen atoms in total. The van der Waals surface area contributed by atoms with Crippen molar-refractivity contribution in [1.82, 2.24) is 5.32 Å². The first-order valence-electron chi connectivity index (χ1n) is 10.6. The first-order valence-corrected chi connectivity index (χ1v) is 10.6. The Bertz CT molecular complexity index is 611. The van der Waals surface area contributed by atoms with Crippen molar-refractivity contribution in [3.63, 3.8) is 0 Å². The summed E-state index contributed by atoms with van der Waals surface area (Å²) >= 11 is 0. The minimum atomic E-state index is 0.219. The SMILES string of the molecule is CC.CCC=O.CNC(=O)C1CCC1.COc1ccc2c3c1OCC3CCC2. The molecule has 1 fully saturated rings. The average molecular weight is 392 g/mol. The van der Waals surface area contributed by atoms with E-state index in [1.54, 1.807) is 14.2 Å². The average Bonchev–Trinajstić information content (AvgIpc) is 3.15. The zero-order valence-corrected chi connectivity index (χ0v) is 18.2. The van der Waals surface area contributed by atoms with Gasteiger partial charge in [0.1, 0.15) is 6.29 Å². The first-order chi connectivity index (χ1) is 13.7. The van der Waals surface area contributed by atoms with Gasteiger partial charge in [-0.2, -0.15) is 0 Å². The fraction of sp³-hybridized carbons (Fsp3) is 0.652. The Kier molecular flexibility index (Phi) is 11.3. The number of aldehydes is 1. The molecule has 1 N–H and O–H groups in total. The van der Waals surface area contributed by atoms with Gasteiger partial charge in [-0.05, 0) is 43.7 Å². The van der Waals surface area contributed by atoms with Crippen molar-refractivity contribution >= 4 is 12.2 Å². The third-order valence-electron chi connectivity index (χ3n) is 5.20. The summed E-state index contributed by atoms with van der Waals surface area (Å²) in [4.78, 5) is 19.9. The highest BCUT2D eigenvalue weighted by molar-refractivity contribution is 5.78. The molecule has 158 valence electrons. The summed E-state index contributed by atoms with van der Waals surface area (Å²) in [7, 11) is 3.40. The number of rotatable bonds is 3. The van der Waals surface area contributed by atoms with Crippen LogP contribution in [-0.2, 0) is 16.0 Å². The van der Waals surface area contributed by atoms with Gasteiger partial charge in [-0.15, -0.1) is 0 Å². The van der Waals surface area contributed by atoms with Gasteiger partial charge in [0.15, 0.2) is 11.5 Å². The molecule has 28 heavy (non-hydrogen) atoms. The predicted octanol–water partition coefficient (Wildman–Crippen LogP) is 4.66. The second-order valence-corrected chi connectivity index (χ2v) is 6.89. The zero-order valence-electron chi connectivity index (χ0n) is 18.2. The van der Waals surface area contributed by atoms with Gasteiger partial charge < -0.3 is 19.6 Å². The van der Waals surface area contributed by atoms with Crippen molar-refractivity contribution in [1.29, 1.82) is 0 Å². The Morgan fingerprint density at radius 1 is 1.25 bits per heavy atom. The molecule has 1 amide bonds. The highest BCUT2D eigenvalue weighted by Gasteiger charge is 2.32. The summed E-state index contributed by atoms with van der Waals surface area (Å²) in [5.41, 5.74) is 2.89. The molecular weight excluding hydrogens is 354 g/mol. The summed E-state index contributed by atoms with van der Waals surface area (Å²) in [6, 6.07) is 4.22. The van der Waals surface area contributed by atoms with Gasteiger partial charge >= 0.3 is 0 Å². The fourth-order valence-electron chi connectivity index (χ4n) is 3.50. The van der Waals surface area contributed by atoms with E-state index >= 15 is 0 Å². The molecule has 1 unspecified atom stereocenters. The van der Waals surface area contributed by atoms with E-state index in [1.807, 2.05) is 26.8 Å². The van der Waals surface area contributed by atoms with Gasteiger partial charge in [0, 0.05) is 30.9 Å². The quantitative estimate of drug-likeness (QED) is 0.761. The van der Waals surface area contributed by atoms with E-state index in [4.69, 9.17) is 9.47 Å². The highest BCUT2D eigenvalue weighted by atomic mass is 16.5. The summed E-state index contributed by atoms with van der Waals surface area (Å²) in [5, 5.41) is 2.63. The number of ether oxygens (including phenoxy) is 2. The normalized spacial score (nSPS) is 18.1. The van der Waals surface area contributed by atoms with Crippen molar-refractivity contribution in [2.24, 2.45) is 5.92 Å². The van der Waals surface area contributed by atoms with Gasteiger partial charge in [-0.1, -0.05) is 33.3 Å². The van der Waals surface area contributed by atoms with Crippen LogP contribution in [0.25, 0.3) is 0 Å². The number of benzene rings is 1. The van der Waals surface area contributed by atoms with E-state index < -0.39 is 0 Å². The number of carbonyl (C=O) groups is 2. The predicted molar refractivity (Wildman–Crippen MR) is 113 cm³/mol. The molecule has 3 aliphatic rings. The van der Waals surface area contributed by atoms with Gasteiger partial charge in [0.2, 0.25) is 5.91 Å². The number of hydrogen-bond acceptors (Lipinski definition) is 4. The second-order valence-electron chi connectivity index (χ2n) is 6.89. The van der Waals surface area contributed by atoms with Crippen LogP contribution in [0.5, 0.6) is 11.5 Å². The molecule has 0 saturated heterocycles. The van der Waals surface area contributed by atoms with E-state index in [-0.39, 0.29) is 5.91 Å². The summed E-state index contributed by atoms with van der Waals surface area (Å²) in [6.45, 7) is 6.66. The fourth-order valence-corrected chi connectivity index (χ4v) is 3.50. The van der Waals surface area contributed by atoms with E-state index in [0.717, 1.165) is 37.2 Å². The topological polar surface area (TPSA) is 64.6 Å². The molecule has 0 aromatic heterocycles.